The molecular formula is C14H17N5S. The smallest absolute Gasteiger partial charge is 0.0794 e. The minimum Gasteiger partial charge on any atom is -0.271 e. The first-order chi connectivity index (χ1) is 9.83. The van der Waals surface area contributed by atoms with E-state index in [1.165, 1.54) is 10.9 Å². The number of fused-ring (bicyclic) bond motifs is 1. The lowest BCUT2D eigenvalue weighted by Crippen LogP contribution is -2.29. The second-order valence-electron chi connectivity index (χ2n) is 4.61. The van der Waals surface area contributed by atoms with Gasteiger partial charge in [0, 0.05) is 29.4 Å². The Bertz CT molecular complexity index is 689. The lowest BCUT2D eigenvalue weighted by molar-refractivity contribution is 0.546. The third-order valence-corrected chi connectivity index (χ3v) is 4.32. The molecule has 0 aliphatic carbocycles. The molecule has 3 N–H and O–H groups in total. The average molecular weight is 287 g/mol. The predicted octanol–water partition coefficient (Wildman–Crippen LogP) is 2.26. The van der Waals surface area contributed by atoms with Gasteiger partial charge in [0.1, 0.15) is 0 Å². The summed E-state index contributed by atoms with van der Waals surface area (Å²) in [6.07, 6.45) is 2.61. The molecule has 0 amide bonds. The minimum atomic E-state index is 0.0473. The van der Waals surface area contributed by atoms with Crippen molar-refractivity contribution >= 4 is 22.2 Å². The summed E-state index contributed by atoms with van der Waals surface area (Å²) in [5.41, 5.74) is 6.93. The highest BCUT2D eigenvalue weighted by molar-refractivity contribution is 7.09. The van der Waals surface area contributed by atoms with Gasteiger partial charge in [-0.3, -0.25) is 20.9 Å². The molecule has 1 aromatic carbocycles. The van der Waals surface area contributed by atoms with Gasteiger partial charge in [0.2, 0.25) is 0 Å². The number of nitrogens with zero attached hydrogens (tertiary/aromatic N) is 3. The summed E-state index contributed by atoms with van der Waals surface area (Å²) >= 11 is 1.60. The summed E-state index contributed by atoms with van der Waals surface area (Å²) in [5.74, 6) is 5.69. The van der Waals surface area contributed by atoms with Gasteiger partial charge in [-0.15, -0.1) is 11.3 Å². The highest BCUT2D eigenvalue weighted by Gasteiger charge is 2.17. The maximum atomic E-state index is 5.69. The van der Waals surface area contributed by atoms with Crippen molar-refractivity contribution in [1.29, 1.82) is 0 Å². The Morgan fingerprint density at radius 2 is 2.25 bits per heavy atom. The number of thiazole rings is 1. The zero-order valence-corrected chi connectivity index (χ0v) is 12.1. The van der Waals surface area contributed by atoms with E-state index in [1.807, 2.05) is 28.5 Å². The normalized spacial score (nSPS) is 12.9. The van der Waals surface area contributed by atoms with Crippen molar-refractivity contribution in [1.82, 2.24) is 20.2 Å². The zero-order chi connectivity index (χ0) is 13.9. The Kier molecular flexibility index (Phi) is 3.77. The Morgan fingerprint density at radius 1 is 1.40 bits per heavy atom. The van der Waals surface area contributed by atoms with Gasteiger partial charge in [-0.25, -0.2) is 0 Å². The van der Waals surface area contributed by atoms with Crippen molar-refractivity contribution in [2.45, 2.75) is 25.9 Å². The van der Waals surface area contributed by atoms with Crippen molar-refractivity contribution < 1.29 is 0 Å². The fraction of sp³-hybridized carbons (Fsp3) is 0.286. The number of nitrogens with one attached hydrogen (secondary N) is 1. The number of rotatable bonds is 5. The van der Waals surface area contributed by atoms with Crippen LogP contribution in [0.4, 0.5) is 0 Å². The fourth-order valence-electron chi connectivity index (χ4n) is 2.42. The van der Waals surface area contributed by atoms with Crippen LogP contribution < -0.4 is 11.3 Å². The second kappa shape index (κ2) is 5.70. The monoisotopic (exact) mass is 287 g/mol. The average Bonchev–Trinajstić information content (AvgIpc) is 3.13. The van der Waals surface area contributed by atoms with Gasteiger partial charge in [-0.2, -0.15) is 5.10 Å². The van der Waals surface area contributed by atoms with E-state index in [2.05, 4.69) is 29.5 Å². The van der Waals surface area contributed by atoms with Crippen molar-refractivity contribution in [3.05, 3.63) is 46.5 Å². The second-order valence-corrected chi connectivity index (χ2v) is 5.52. The summed E-state index contributed by atoms with van der Waals surface area (Å²) in [5, 5.41) is 5.90. The number of aryl methyl sites for hydroxylation is 1. The molecule has 6 heteroatoms. The molecule has 0 fully saturated rings. The molecule has 3 rings (SSSR count). The Morgan fingerprint density at radius 3 is 2.95 bits per heavy atom. The van der Waals surface area contributed by atoms with Crippen LogP contribution in [-0.2, 0) is 13.0 Å². The Balaban J connectivity index is 1.98. The summed E-state index contributed by atoms with van der Waals surface area (Å²) in [6, 6.07) is 8.36. The van der Waals surface area contributed by atoms with E-state index in [4.69, 9.17) is 10.9 Å². The number of hydrazine groups is 1. The van der Waals surface area contributed by atoms with Gasteiger partial charge in [0.05, 0.1) is 22.8 Å². The molecule has 2 aromatic heterocycles. The van der Waals surface area contributed by atoms with E-state index >= 15 is 0 Å². The molecule has 2 heterocycles. The van der Waals surface area contributed by atoms with Gasteiger partial charge >= 0.3 is 0 Å². The molecule has 1 atom stereocenters. The summed E-state index contributed by atoms with van der Waals surface area (Å²) in [7, 11) is 0. The van der Waals surface area contributed by atoms with Crippen LogP contribution >= 0.6 is 11.3 Å². The Labute approximate surface area is 121 Å². The molecule has 0 spiro atoms. The van der Waals surface area contributed by atoms with Crippen LogP contribution in [0.25, 0.3) is 10.9 Å². The van der Waals surface area contributed by atoms with E-state index in [0.29, 0.717) is 0 Å². The first-order valence-corrected chi connectivity index (χ1v) is 7.50. The molecule has 0 radical (unpaired) electrons. The van der Waals surface area contributed by atoms with Gasteiger partial charge < -0.3 is 0 Å². The van der Waals surface area contributed by atoms with E-state index in [1.54, 1.807) is 11.3 Å². The summed E-state index contributed by atoms with van der Waals surface area (Å²) < 4.78 is 2.03. The first kappa shape index (κ1) is 13.2. The van der Waals surface area contributed by atoms with Crippen LogP contribution in [0.15, 0.2) is 36.0 Å². The van der Waals surface area contributed by atoms with Crippen LogP contribution in [0.3, 0.4) is 0 Å². The zero-order valence-electron chi connectivity index (χ0n) is 11.3. The van der Waals surface area contributed by atoms with Crippen LogP contribution in [0.5, 0.6) is 0 Å². The maximum absolute atomic E-state index is 5.69. The molecule has 0 bridgehead atoms. The van der Waals surface area contributed by atoms with Crippen LogP contribution in [0.1, 0.15) is 23.5 Å². The Hall–Kier alpha value is -1.76. The van der Waals surface area contributed by atoms with Crippen LogP contribution in [0, 0.1) is 0 Å². The number of benzene rings is 1. The third-order valence-electron chi connectivity index (χ3n) is 3.43. The summed E-state index contributed by atoms with van der Waals surface area (Å²) in [4.78, 5) is 5.24. The molecule has 3 aromatic rings. The van der Waals surface area contributed by atoms with Crippen LogP contribution in [0.2, 0.25) is 0 Å². The van der Waals surface area contributed by atoms with Crippen molar-refractivity contribution in [3.8, 4) is 0 Å². The molecular weight excluding hydrogens is 270 g/mol. The summed E-state index contributed by atoms with van der Waals surface area (Å²) in [6.45, 7) is 2.97. The van der Waals surface area contributed by atoms with E-state index < -0.39 is 0 Å². The molecule has 0 aliphatic rings. The standard InChI is InChI=1S/C14H17N5S/c1-2-19-13-6-4-3-5-10(13)11(18-19)7-12(17-15)14-8-16-9-20-14/h3-6,8-9,12,17H,2,7,15H2,1H3. The van der Waals surface area contributed by atoms with Gasteiger partial charge in [-0.1, -0.05) is 18.2 Å². The lowest BCUT2D eigenvalue weighted by Gasteiger charge is -2.12. The van der Waals surface area contributed by atoms with Gasteiger partial charge in [0.15, 0.2) is 0 Å². The highest BCUT2D eigenvalue weighted by Crippen LogP contribution is 2.25. The molecule has 20 heavy (non-hydrogen) atoms. The molecule has 0 saturated heterocycles. The minimum absolute atomic E-state index is 0.0473. The van der Waals surface area contributed by atoms with Crippen molar-refractivity contribution in [3.63, 3.8) is 0 Å². The number of hydrogen-bond acceptors (Lipinski definition) is 5. The first-order valence-electron chi connectivity index (χ1n) is 6.62. The molecule has 5 nitrogen and oxygen atoms in total. The fourth-order valence-corrected chi connectivity index (χ4v) is 3.10. The molecule has 104 valence electrons. The topological polar surface area (TPSA) is 68.8 Å². The van der Waals surface area contributed by atoms with Crippen molar-refractivity contribution in [2.24, 2.45) is 5.84 Å². The number of nitrogens with two attached hydrogens (primary N) is 1. The number of hydrogen-bond donors (Lipinski definition) is 2. The number of para-hydroxylation sites is 1. The van der Waals surface area contributed by atoms with Gasteiger partial charge in [0.25, 0.3) is 0 Å². The lowest BCUT2D eigenvalue weighted by atomic mass is 10.1. The van der Waals surface area contributed by atoms with E-state index in [-0.39, 0.29) is 6.04 Å². The third kappa shape index (κ3) is 2.33. The number of aromatic nitrogens is 3. The van der Waals surface area contributed by atoms with E-state index in [9.17, 15) is 0 Å². The van der Waals surface area contributed by atoms with Crippen molar-refractivity contribution in [2.75, 3.05) is 0 Å². The largest absolute Gasteiger partial charge is 0.271 e. The maximum Gasteiger partial charge on any atom is 0.0794 e. The molecule has 1 unspecified atom stereocenters. The SMILES string of the molecule is CCn1nc(CC(NN)c2cncs2)c2ccccc21. The predicted molar refractivity (Wildman–Crippen MR) is 81.3 cm³/mol. The molecule has 0 aliphatic heterocycles. The van der Waals surface area contributed by atoms with Gasteiger partial charge in [-0.05, 0) is 13.0 Å². The highest BCUT2D eigenvalue weighted by atomic mass is 32.1. The quantitative estimate of drug-likeness (QED) is 0.558. The molecule has 0 saturated carbocycles. The van der Waals surface area contributed by atoms with Crippen LogP contribution in [-0.4, -0.2) is 14.8 Å². The van der Waals surface area contributed by atoms with E-state index in [0.717, 1.165) is 23.5 Å².